The summed E-state index contributed by atoms with van der Waals surface area (Å²) in [4.78, 5) is 11.6. The van der Waals surface area contributed by atoms with Crippen molar-refractivity contribution < 1.29 is 10.0 Å². The van der Waals surface area contributed by atoms with Crippen molar-refractivity contribution in [1.82, 2.24) is 5.32 Å². The first-order chi connectivity index (χ1) is 7.42. The summed E-state index contributed by atoms with van der Waals surface area (Å²) in [5.41, 5.74) is 5.52. The van der Waals surface area contributed by atoms with Crippen LogP contribution in [0, 0.1) is 11.8 Å². The molecule has 1 amide bonds. The molecule has 0 aromatic rings. The van der Waals surface area contributed by atoms with E-state index in [1.807, 2.05) is 27.7 Å². The number of amides is 1. The summed E-state index contributed by atoms with van der Waals surface area (Å²) in [7, 11) is 0. The van der Waals surface area contributed by atoms with Crippen LogP contribution in [0.1, 0.15) is 40.5 Å². The van der Waals surface area contributed by atoms with E-state index in [-0.39, 0.29) is 17.7 Å². The van der Waals surface area contributed by atoms with Gasteiger partial charge in [0.2, 0.25) is 5.91 Å². The molecule has 0 radical (unpaired) electrons. The SMILES string of the molecule is CCC(C)CC(=O)NC(C(N)=NO)C(C)C. The van der Waals surface area contributed by atoms with E-state index in [1.54, 1.807) is 0 Å². The number of oxime groups is 1. The monoisotopic (exact) mass is 229 g/mol. The number of carbonyl (C=O) groups is 1. The van der Waals surface area contributed by atoms with Crippen LogP contribution in [0.3, 0.4) is 0 Å². The molecule has 0 saturated carbocycles. The molecule has 0 aliphatic heterocycles. The van der Waals surface area contributed by atoms with Gasteiger partial charge in [-0.1, -0.05) is 39.3 Å². The molecule has 0 aliphatic rings. The molecule has 0 bridgehead atoms. The lowest BCUT2D eigenvalue weighted by atomic mass is 10.0. The van der Waals surface area contributed by atoms with Crippen molar-refractivity contribution in [2.24, 2.45) is 22.7 Å². The fraction of sp³-hybridized carbons (Fsp3) is 0.818. The molecule has 2 atom stereocenters. The molecule has 4 N–H and O–H groups in total. The Bertz CT molecular complexity index is 252. The van der Waals surface area contributed by atoms with Gasteiger partial charge in [0, 0.05) is 6.42 Å². The summed E-state index contributed by atoms with van der Waals surface area (Å²) < 4.78 is 0. The molecular weight excluding hydrogens is 206 g/mol. The van der Waals surface area contributed by atoms with E-state index in [9.17, 15) is 4.79 Å². The van der Waals surface area contributed by atoms with Crippen molar-refractivity contribution >= 4 is 11.7 Å². The fourth-order valence-electron chi connectivity index (χ4n) is 1.34. The van der Waals surface area contributed by atoms with Gasteiger partial charge in [-0.05, 0) is 11.8 Å². The first-order valence-electron chi connectivity index (χ1n) is 5.69. The van der Waals surface area contributed by atoms with Gasteiger partial charge < -0.3 is 16.3 Å². The summed E-state index contributed by atoms with van der Waals surface area (Å²) in [5.74, 6) is 0.434. The summed E-state index contributed by atoms with van der Waals surface area (Å²) in [6.07, 6.45) is 1.43. The van der Waals surface area contributed by atoms with Crippen LogP contribution in [-0.4, -0.2) is 23.0 Å². The number of nitrogens with two attached hydrogens (primary N) is 1. The second-order valence-electron chi connectivity index (χ2n) is 4.53. The minimum atomic E-state index is -0.401. The molecule has 0 spiro atoms. The second kappa shape index (κ2) is 7.09. The third kappa shape index (κ3) is 5.00. The van der Waals surface area contributed by atoms with Gasteiger partial charge in [0.1, 0.15) is 0 Å². The lowest BCUT2D eigenvalue weighted by Gasteiger charge is -2.21. The predicted molar refractivity (Wildman–Crippen MR) is 64.2 cm³/mol. The smallest absolute Gasteiger partial charge is 0.220 e. The minimum absolute atomic E-state index is 0.0486. The largest absolute Gasteiger partial charge is 0.409 e. The Morgan fingerprint density at radius 1 is 1.44 bits per heavy atom. The number of nitrogens with one attached hydrogen (secondary N) is 1. The minimum Gasteiger partial charge on any atom is -0.409 e. The third-order valence-corrected chi connectivity index (χ3v) is 2.65. The zero-order valence-electron chi connectivity index (χ0n) is 10.5. The summed E-state index contributed by atoms with van der Waals surface area (Å²) >= 11 is 0. The van der Waals surface area contributed by atoms with E-state index in [1.165, 1.54) is 0 Å². The highest BCUT2D eigenvalue weighted by atomic mass is 16.4. The van der Waals surface area contributed by atoms with Crippen LogP contribution in [-0.2, 0) is 4.79 Å². The van der Waals surface area contributed by atoms with E-state index < -0.39 is 6.04 Å². The molecule has 0 fully saturated rings. The van der Waals surface area contributed by atoms with Crippen molar-refractivity contribution in [2.45, 2.75) is 46.6 Å². The van der Waals surface area contributed by atoms with E-state index in [0.29, 0.717) is 12.3 Å². The zero-order chi connectivity index (χ0) is 12.7. The maximum Gasteiger partial charge on any atom is 0.220 e. The molecule has 5 heteroatoms. The molecule has 0 aliphatic carbocycles. The highest BCUT2D eigenvalue weighted by Gasteiger charge is 2.21. The van der Waals surface area contributed by atoms with E-state index >= 15 is 0 Å². The predicted octanol–water partition coefficient (Wildman–Crippen LogP) is 1.31. The van der Waals surface area contributed by atoms with Crippen molar-refractivity contribution in [3.8, 4) is 0 Å². The number of amidine groups is 1. The van der Waals surface area contributed by atoms with E-state index in [2.05, 4.69) is 10.5 Å². The van der Waals surface area contributed by atoms with Gasteiger partial charge in [-0.15, -0.1) is 0 Å². The lowest BCUT2D eigenvalue weighted by Crippen LogP contribution is -2.48. The van der Waals surface area contributed by atoms with Crippen LogP contribution < -0.4 is 11.1 Å². The van der Waals surface area contributed by atoms with Gasteiger partial charge in [0.05, 0.1) is 6.04 Å². The lowest BCUT2D eigenvalue weighted by molar-refractivity contribution is -0.122. The average Bonchev–Trinajstić information content (AvgIpc) is 2.24. The van der Waals surface area contributed by atoms with Gasteiger partial charge in [0.25, 0.3) is 0 Å². The molecular formula is C11H23N3O2. The fourth-order valence-corrected chi connectivity index (χ4v) is 1.34. The Kier molecular flexibility index (Phi) is 6.53. The standard InChI is InChI=1S/C11H23N3O2/c1-5-8(4)6-9(15)13-10(7(2)3)11(12)14-16/h7-8,10,16H,5-6H2,1-4H3,(H2,12,14)(H,13,15). The maximum atomic E-state index is 11.6. The summed E-state index contributed by atoms with van der Waals surface area (Å²) in [6, 6.07) is -0.401. The molecule has 16 heavy (non-hydrogen) atoms. The van der Waals surface area contributed by atoms with Gasteiger partial charge in [-0.3, -0.25) is 4.79 Å². The first kappa shape index (κ1) is 14.7. The van der Waals surface area contributed by atoms with Gasteiger partial charge >= 0.3 is 0 Å². The Labute approximate surface area is 97.1 Å². The highest BCUT2D eigenvalue weighted by Crippen LogP contribution is 2.08. The summed E-state index contributed by atoms with van der Waals surface area (Å²) in [6.45, 7) is 7.88. The van der Waals surface area contributed by atoms with Gasteiger partial charge in [-0.2, -0.15) is 0 Å². The number of hydrogen-bond donors (Lipinski definition) is 3. The molecule has 5 nitrogen and oxygen atoms in total. The Morgan fingerprint density at radius 3 is 2.38 bits per heavy atom. The normalized spacial score (nSPS) is 15.9. The molecule has 0 heterocycles. The molecule has 94 valence electrons. The zero-order valence-corrected chi connectivity index (χ0v) is 10.5. The number of hydrogen-bond acceptors (Lipinski definition) is 3. The molecule has 0 aromatic heterocycles. The van der Waals surface area contributed by atoms with Crippen LogP contribution in [0.5, 0.6) is 0 Å². The third-order valence-electron chi connectivity index (χ3n) is 2.65. The highest BCUT2D eigenvalue weighted by molar-refractivity contribution is 5.90. The molecule has 0 saturated heterocycles. The first-order valence-corrected chi connectivity index (χ1v) is 5.69. The van der Waals surface area contributed by atoms with Crippen molar-refractivity contribution in [3.05, 3.63) is 0 Å². The number of rotatable bonds is 6. The number of carbonyl (C=O) groups excluding carboxylic acids is 1. The molecule has 0 aromatic carbocycles. The van der Waals surface area contributed by atoms with Gasteiger partial charge in [-0.25, -0.2) is 0 Å². The van der Waals surface area contributed by atoms with E-state index in [0.717, 1.165) is 6.42 Å². The quantitative estimate of drug-likeness (QED) is 0.278. The Morgan fingerprint density at radius 2 is 2.00 bits per heavy atom. The maximum absolute atomic E-state index is 11.6. The molecule has 0 rings (SSSR count). The second-order valence-corrected chi connectivity index (χ2v) is 4.53. The van der Waals surface area contributed by atoms with Gasteiger partial charge in [0.15, 0.2) is 5.84 Å². The van der Waals surface area contributed by atoms with Crippen LogP contribution in [0.25, 0.3) is 0 Å². The summed E-state index contributed by atoms with van der Waals surface area (Å²) in [5, 5.41) is 14.3. The topological polar surface area (TPSA) is 87.7 Å². The Balaban J connectivity index is 4.36. The Hall–Kier alpha value is -1.26. The molecule has 2 unspecified atom stereocenters. The van der Waals surface area contributed by atoms with Crippen LogP contribution >= 0.6 is 0 Å². The van der Waals surface area contributed by atoms with Crippen LogP contribution in [0.15, 0.2) is 5.16 Å². The van der Waals surface area contributed by atoms with Crippen molar-refractivity contribution in [1.29, 1.82) is 0 Å². The van der Waals surface area contributed by atoms with E-state index in [4.69, 9.17) is 10.9 Å². The van der Waals surface area contributed by atoms with Crippen LogP contribution in [0.4, 0.5) is 0 Å². The average molecular weight is 229 g/mol. The number of nitrogens with zero attached hydrogens (tertiary/aromatic N) is 1. The van der Waals surface area contributed by atoms with Crippen molar-refractivity contribution in [2.75, 3.05) is 0 Å². The van der Waals surface area contributed by atoms with Crippen LogP contribution in [0.2, 0.25) is 0 Å². The van der Waals surface area contributed by atoms with Crippen molar-refractivity contribution in [3.63, 3.8) is 0 Å².